The minimum absolute atomic E-state index is 0.0442. The summed E-state index contributed by atoms with van der Waals surface area (Å²) < 4.78 is 83.3. The van der Waals surface area contributed by atoms with E-state index in [0.29, 0.717) is 6.42 Å². The summed E-state index contributed by atoms with van der Waals surface area (Å²) in [6.07, 6.45) is -6.08. The zero-order valence-corrected chi connectivity index (χ0v) is 17.5. The molecule has 3 N–H and O–H groups in total. The average molecular weight is 482 g/mol. The number of rotatable bonds is 11. The van der Waals surface area contributed by atoms with Crippen LogP contribution in [0.15, 0.2) is 12.1 Å². The number of nitrogens with one attached hydrogen (secondary N) is 1. The standard InChI is InChI=1S/C20H24F6N4O3/c21-19(22,23)9-30(10-20(24,25)26)15-6-5-13(29-18(15)33-8-12-3-4-12)17(32)28-14(16(27)31)7-11-1-2-11/h5-6,11-12,14H,1-4,7-10H2,(H2,27,31)(H,28,32). The molecule has 7 nitrogen and oxygen atoms in total. The topological polar surface area (TPSA) is 97.5 Å². The first-order valence-corrected chi connectivity index (χ1v) is 10.4. The van der Waals surface area contributed by atoms with Crippen LogP contribution in [0, 0.1) is 11.8 Å². The largest absolute Gasteiger partial charge is 0.476 e. The van der Waals surface area contributed by atoms with Crippen LogP contribution in [0.5, 0.6) is 5.88 Å². The van der Waals surface area contributed by atoms with E-state index in [2.05, 4.69) is 10.3 Å². The molecule has 184 valence electrons. The van der Waals surface area contributed by atoms with Crippen molar-refractivity contribution in [2.75, 3.05) is 24.6 Å². The van der Waals surface area contributed by atoms with Crippen molar-refractivity contribution in [3.63, 3.8) is 0 Å². The molecule has 0 bridgehead atoms. The number of ether oxygens (including phenoxy) is 1. The van der Waals surface area contributed by atoms with Gasteiger partial charge in [0.2, 0.25) is 11.8 Å². The molecule has 1 atom stereocenters. The molecule has 2 aliphatic carbocycles. The van der Waals surface area contributed by atoms with Crippen LogP contribution in [-0.4, -0.2) is 54.9 Å². The molecule has 2 aliphatic rings. The second kappa shape index (κ2) is 9.64. The van der Waals surface area contributed by atoms with Gasteiger partial charge in [0, 0.05) is 0 Å². The van der Waals surface area contributed by atoms with Gasteiger partial charge >= 0.3 is 12.4 Å². The van der Waals surface area contributed by atoms with Crippen LogP contribution in [0.4, 0.5) is 32.0 Å². The molecule has 1 aromatic heterocycles. The van der Waals surface area contributed by atoms with Crippen LogP contribution in [0.3, 0.4) is 0 Å². The predicted molar refractivity (Wildman–Crippen MR) is 105 cm³/mol. The lowest BCUT2D eigenvalue weighted by molar-refractivity contribution is -0.137. The van der Waals surface area contributed by atoms with E-state index in [4.69, 9.17) is 10.5 Å². The van der Waals surface area contributed by atoms with E-state index in [1.54, 1.807) is 0 Å². The Bertz CT molecular complexity index is 852. The summed E-state index contributed by atoms with van der Waals surface area (Å²) in [7, 11) is 0. The highest BCUT2D eigenvalue weighted by molar-refractivity contribution is 5.96. The molecule has 0 radical (unpaired) electrons. The normalized spacial score (nSPS) is 17.4. The van der Waals surface area contributed by atoms with E-state index < -0.39 is 54.9 Å². The van der Waals surface area contributed by atoms with Crippen LogP contribution in [0.2, 0.25) is 0 Å². The Morgan fingerprint density at radius 1 is 1.06 bits per heavy atom. The van der Waals surface area contributed by atoms with E-state index in [1.165, 1.54) is 0 Å². The minimum Gasteiger partial charge on any atom is -0.476 e. The molecule has 1 heterocycles. The molecule has 0 aromatic carbocycles. The third-order valence-corrected chi connectivity index (χ3v) is 5.22. The lowest BCUT2D eigenvalue weighted by Crippen LogP contribution is -2.45. The number of halogens is 6. The number of anilines is 1. The number of amides is 2. The highest BCUT2D eigenvalue weighted by Crippen LogP contribution is 2.36. The molecule has 2 fully saturated rings. The first-order valence-electron chi connectivity index (χ1n) is 10.4. The lowest BCUT2D eigenvalue weighted by atomic mass is 10.1. The van der Waals surface area contributed by atoms with Gasteiger partial charge in [-0.2, -0.15) is 26.3 Å². The van der Waals surface area contributed by atoms with Gasteiger partial charge in [0.05, 0.1) is 6.61 Å². The van der Waals surface area contributed by atoms with Crippen molar-refractivity contribution in [1.29, 1.82) is 0 Å². The van der Waals surface area contributed by atoms with Crippen LogP contribution in [0.25, 0.3) is 0 Å². The van der Waals surface area contributed by atoms with Crippen molar-refractivity contribution in [2.45, 2.75) is 50.5 Å². The molecule has 2 amide bonds. The Kier molecular flexibility index (Phi) is 7.27. The summed E-state index contributed by atoms with van der Waals surface area (Å²) in [5.74, 6) is -1.72. The number of carbonyl (C=O) groups excluding carboxylic acids is 2. The summed E-state index contributed by atoms with van der Waals surface area (Å²) in [6.45, 7) is -3.72. The molecular weight excluding hydrogens is 458 g/mol. The Balaban J connectivity index is 1.86. The summed E-state index contributed by atoms with van der Waals surface area (Å²) in [5.41, 5.74) is 4.47. The van der Waals surface area contributed by atoms with Gasteiger partial charge in [-0.3, -0.25) is 9.59 Å². The molecular formula is C20H24F6N4O3. The number of carbonyl (C=O) groups is 2. The molecule has 0 spiro atoms. The van der Waals surface area contributed by atoms with E-state index in [-0.39, 0.29) is 29.0 Å². The number of alkyl halides is 6. The second-order valence-electron chi connectivity index (χ2n) is 8.47. The maximum absolute atomic E-state index is 13.0. The fourth-order valence-electron chi connectivity index (χ4n) is 3.21. The van der Waals surface area contributed by atoms with Crippen molar-refractivity contribution in [2.24, 2.45) is 17.6 Å². The fourth-order valence-corrected chi connectivity index (χ4v) is 3.21. The number of primary amides is 1. The quantitative estimate of drug-likeness (QED) is 0.473. The van der Waals surface area contributed by atoms with Crippen LogP contribution in [-0.2, 0) is 4.79 Å². The zero-order chi connectivity index (χ0) is 24.4. The Morgan fingerprint density at radius 3 is 2.12 bits per heavy atom. The molecule has 0 saturated heterocycles. The van der Waals surface area contributed by atoms with E-state index in [1.807, 2.05) is 0 Å². The van der Waals surface area contributed by atoms with Crippen molar-refractivity contribution < 1.29 is 40.7 Å². The molecule has 3 rings (SSSR count). The molecule has 13 heteroatoms. The van der Waals surface area contributed by atoms with Gasteiger partial charge in [0.1, 0.15) is 30.5 Å². The van der Waals surface area contributed by atoms with Crippen molar-refractivity contribution in [1.82, 2.24) is 10.3 Å². The van der Waals surface area contributed by atoms with Gasteiger partial charge in [-0.25, -0.2) is 4.98 Å². The highest BCUT2D eigenvalue weighted by Gasteiger charge is 2.39. The van der Waals surface area contributed by atoms with Gasteiger partial charge in [-0.1, -0.05) is 12.8 Å². The molecule has 33 heavy (non-hydrogen) atoms. The number of nitrogens with zero attached hydrogens (tertiary/aromatic N) is 2. The Morgan fingerprint density at radius 2 is 1.64 bits per heavy atom. The SMILES string of the molecule is NC(=O)C(CC1CC1)NC(=O)c1ccc(N(CC(F)(F)F)CC(F)(F)F)c(OCC2CC2)n1. The Labute approximate surface area is 185 Å². The third kappa shape index (κ3) is 8.28. The third-order valence-electron chi connectivity index (χ3n) is 5.22. The van der Waals surface area contributed by atoms with Gasteiger partial charge < -0.3 is 20.7 Å². The number of nitrogens with two attached hydrogens (primary N) is 1. The average Bonchev–Trinajstić information content (AvgIpc) is 3.57. The lowest BCUT2D eigenvalue weighted by Gasteiger charge is -2.28. The summed E-state index contributed by atoms with van der Waals surface area (Å²) in [6, 6.07) is 0.958. The maximum atomic E-state index is 13.0. The number of hydrogen-bond donors (Lipinski definition) is 2. The van der Waals surface area contributed by atoms with Crippen LogP contribution < -0.4 is 20.7 Å². The summed E-state index contributed by atoms with van der Waals surface area (Å²) in [4.78, 5) is 28.2. The smallest absolute Gasteiger partial charge is 0.405 e. The number of hydrogen-bond acceptors (Lipinski definition) is 5. The molecule has 1 aromatic rings. The Hall–Kier alpha value is -2.73. The van der Waals surface area contributed by atoms with E-state index in [0.717, 1.165) is 37.8 Å². The maximum Gasteiger partial charge on any atom is 0.405 e. The van der Waals surface area contributed by atoms with Crippen LogP contribution in [0.1, 0.15) is 42.6 Å². The predicted octanol–water partition coefficient (Wildman–Crippen LogP) is 3.19. The monoisotopic (exact) mass is 482 g/mol. The second-order valence-corrected chi connectivity index (χ2v) is 8.47. The van der Waals surface area contributed by atoms with Gasteiger partial charge in [-0.15, -0.1) is 0 Å². The van der Waals surface area contributed by atoms with Crippen LogP contribution >= 0.6 is 0 Å². The first kappa shape index (κ1) is 24.9. The highest BCUT2D eigenvalue weighted by atomic mass is 19.4. The zero-order valence-electron chi connectivity index (χ0n) is 17.5. The molecule has 1 unspecified atom stereocenters. The first-order chi connectivity index (χ1) is 15.3. The minimum atomic E-state index is -4.92. The summed E-state index contributed by atoms with van der Waals surface area (Å²) in [5, 5.41) is 2.43. The van der Waals surface area contributed by atoms with Crippen molar-refractivity contribution in [3.8, 4) is 5.88 Å². The molecule has 0 aliphatic heterocycles. The van der Waals surface area contributed by atoms with Gasteiger partial charge in [-0.05, 0) is 43.2 Å². The number of aromatic nitrogens is 1. The van der Waals surface area contributed by atoms with E-state index in [9.17, 15) is 35.9 Å². The van der Waals surface area contributed by atoms with E-state index >= 15 is 0 Å². The van der Waals surface area contributed by atoms with Crippen molar-refractivity contribution in [3.05, 3.63) is 17.8 Å². The fraction of sp³-hybridized carbons (Fsp3) is 0.650. The molecule has 2 saturated carbocycles. The van der Waals surface area contributed by atoms with Crippen molar-refractivity contribution >= 4 is 17.5 Å². The summed E-state index contributed by atoms with van der Waals surface area (Å²) >= 11 is 0. The van der Waals surface area contributed by atoms with Gasteiger partial charge in [0.15, 0.2) is 0 Å². The van der Waals surface area contributed by atoms with Gasteiger partial charge in [0.25, 0.3) is 5.91 Å². The number of pyridine rings is 1.